The maximum absolute atomic E-state index is 13.2. The Bertz CT molecular complexity index is 1000. The summed E-state index contributed by atoms with van der Waals surface area (Å²) in [5.74, 6) is 0.601. The van der Waals surface area contributed by atoms with Crippen LogP contribution in [0.1, 0.15) is 30.1 Å². The topological polar surface area (TPSA) is 69.8 Å². The molecule has 0 radical (unpaired) electrons. The Morgan fingerprint density at radius 2 is 1.97 bits per heavy atom. The summed E-state index contributed by atoms with van der Waals surface area (Å²) in [6, 6.07) is 10.5. The molecule has 0 spiro atoms. The third-order valence-electron chi connectivity index (χ3n) is 5.53. The number of halogens is 1. The summed E-state index contributed by atoms with van der Waals surface area (Å²) in [6.45, 7) is 5.05. The van der Waals surface area contributed by atoms with Crippen molar-refractivity contribution in [3.8, 4) is 5.75 Å². The van der Waals surface area contributed by atoms with E-state index in [9.17, 15) is 14.3 Å². The van der Waals surface area contributed by atoms with Gasteiger partial charge in [0.1, 0.15) is 11.6 Å². The maximum Gasteiger partial charge on any atom is 0.179 e. The van der Waals surface area contributed by atoms with Crippen LogP contribution in [0, 0.1) is 5.82 Å². The molecule has 1 unspecified atom stereocenters. The second-order valence-corrected chi connectivity index (χ2v) is 7.36. The number of carbonyl (C=O) groups is 1. The van der Waals surface area contributed by atoms with E-state index in [0.717, 1.165) is 43.8 Å². The van der Waals surface area contributed by atoms with Gasteiger partial charge in [-0.15, -0.1) is 0 Å². The van der Waals surface area contributed by atoms with Gasteiger partial charge in [-0.2, -0.15) is 0 Å². The summed E-state index contributed by atoms with van der Waals surface area (Å²) >= 11 is 0. The Morgan fingerprint density at radius 3 is 2.72 bits per heavy atom. The van der Waals surface area contributed by atoms with E-state index in [4.69, 9.17) is 4.52 Å². The van der Waals surface area contributed by atoms with E-state index in [1.807, 2.05) is 13.0 Å². The number of rotatable bonds is 5. The number of phenols is 1. The molecular formula is C22H24FN3O3. The van der Waals surface area contributed by atoms with Crippen LogP contribution in [0.3, 0.4) is 0 Å². The van der Waals surface area contributed by atoms with E-state index in [1.54, 1.807) is 24.3 Å². The van der Waals surface area contributed by atoms with Crippen molar-refractivity contribution < 1.29 is 18.8 Å². The first-order valence-electron chi connectivity index (χ1n) is 9.94. The molecule has 3 aromatic rings. The molecule has 0 aliphatic carbocycles. The third-order valence-corrected chi connectivity index (χ3v) is 5.53. The van der Waals surface area contributed by atoms with Crippen molar-refractivity contribution in [3.05, 3.63) is 53.8 Å². The van der Waals surface area contributed by atoms with Gasteiger partial charge in [0.15, 0.2) is 17.2 Å². The van der Waals surface area contributed by atoms with E-state index in [2.05, 4.69) is 15.0 Å². The first kappa shape index (κ1) is 19.4. The number of carbonyl (C=O) groups excluding carboxylic acids is 1. The number of fused-ring (bicyclic) bond motifs is 1. The van der Waals surface area contributed by atoms with Gasteiger partial charge in [-0.1, -0.05) is 12.1 Å². The minimum absolute atomic E-state index is 0.0308. The van der Waals surface area contributed by atoms with Crippen LogP contribution in [0.5, 0.6) is 5.75 Å². The van der Waals surface area contributed by atoms with Crippen molar-refractivity contribution in [3.63, 3.8) is 0 Å². The molecule has 6 nitrogen and oxygen atoms in total. The minimum Gasteiger partial charge on any atom is -0.508 e. The molecule has 0 saturated carbocycles. The van der Waals surface area contributed by atoms with E-state index < -0.39 is 0 Å². The standard InChI is InChI=1S/C22H24FN3O3/c1-2-19(21(28)15-4-6-16(23)7-5-15)25-10-3-11-26(13-12-25)22-18-9-8-17(27)14-20(18)29-24-22/h4-9,14,19,27H,2-3,10-13H2,1H3. The molecule has 0 bridgehead atoms. The maximum atomic E-state index is 13.2. The smallest absolute Gasteiger partial charge is 0.179 e. The van der Waals surface area contributed by atoms with Crippen LogP contribution in [0.15, 0.2) is 47.0 Å². The summed E-state index contributed by atoms with van der Waals surface area (Å²) in [4.78, 5) is 17.4. The van der Waals surface area contributed by atoms with Crippen LogP contribution in [0.2, 0.25) is 0 Å². The van der Waals surface area contributed by atoms with Crippen LogP contribution in [0.25, 0.3) is 11.0 Å². The van der Waals surface area contributed by atoms with Gasteiger partial charge in [0.2, 0.25) is 0 Å². The van der Waals surface area contributed by atoms with Crippen LogP contribution >= 0.6 is 0 Å². The van der Waals surface area contributed by atoms with Crippen LogP contribution in [-0.2, 0) is 0 Å². The lowest BCUT2D eigenvalue weighted by Gasteiger charge is -2.29. The monoisotopic (exact) mass is 397 g/mol. The Balaban J connectivity index is 1.49. The van der Waals surface area contributed by atoms with E-state index in [0.29, 0.717) is 17.6 Å². The van der Waals surface area contributed by atoms with Gasteiger partial charge in [-0.25, -0.2) is 4.39 Å². The first-order chi connectivity index (χ1) is 14.1. The zero-order valence-corrected chi connectivity index (χ0v) is 16.3. The molecule has 2 heterocycles. The van der Waals surface area contributed by atoms with Gasteiger partial charge in [-0.3, -0.25) is 9.69 Å². The average Bonchev–Trinajstić information content (AvgIpc) is 2.98. The normalized spacial score (nSPS) is 16.7. The van der Waals surface area contributed by atoms with Gasteiger partial charge in [0, 0.05) is 37.8 Å². The number of benzene rings is 2. The van der Waals surface area contributed by atoms with E-state index in [1.165, 1.54) is 12.1 Å². The van der Waals surface area contributed by atoms with Crippen LogP contribution < -0.4 is 4.90 Å². The fourth-order valence-electron chi connectivity index (χ4n) is 4.02. The number of hydrogen-bond donors (Lipinski definition) is 1. The SMILES string of the molecule is CCC(C(=O)c1ccc(F)cc1)N1CCCN(c2noc3cc(O)ccc23)CC1. The van der Waals surface area contributed by atoms with Gasteiger partial charge in [0.05, 0.1) is 11.4 Å². The van der Waals surface area contributed by atoms with Gasteiger partial charge < -0.3 is 14.5 Å². The molecule has 152 valence electrons. The second-order valence-electron chi connectivity index (χ2n) is 7.36. The fourth-order valence-corrected chi connectivity index (χ4v) is 4.02. The minimum atomic E-state index is -0.340. The summed E-state index contributed by atoms with van der Waals surface area (Å²) in [5.41, 5.74) is 1.10. The first-order valence-corrected chi connectivity index (χ1v) is 9.94. The molecule has 4 rings (SSSR count). The average molecular weight is 397 g/mol. The van der Waals surface area contributed by atoms with Crippen molar-refractivity contribution in [1.29, 1.82) is 0 Å². The van der Waals surface area contributed by atoms with Crippen LogP contribution in [0.4, 0.5) is 10.2 Å². The molecule has 7 heteroatoms. The molecule has 1 saturated heterocycles. The quantitative estimate of drug-likeness (QED) is 0.660. The highest BCUT2D eigenvalue weighted by molar-refractivity contribution is 6.00. The third kappa shape index (κ3) is 3.96. The predicted octanol–water partition coefficient (Wildman–Crippen LogP) is 3.85. The molecule has 1 atom stereocenters. The summed E-state index contributed by atoms with van der Waals surface area (Å²) in [5, 5.41) is 14.7. The summed E-state index contributed by atoms with van der Waals surface area (Å²) < 4.78 is 18.6. The Morgan fingerprint density at radius 1 is 1.17 bits per heavy atom. The number of ketones is 1. The van der Waals surface area contributed by atoms with Gasteiger partial charge >= 0.3 is 0 Å². The molecule has 0 amide bonds. The zero-order valence-electron chi connectivity index (χ0n) is 16.3. The number of hydrogen-bond acceptors (Lipinski definition) is 6. The lowest BCUT2D eigenvalue weighted by atomic mass is 10.0. The molecule has 1 N–H and O–H groups in total. The predicted molar refractivity (Wildman–Crippen MR) is 109 cm³/mol. The Labute approximate surface area is 168 Å². The zero-order chi connectivity index (χ0) is 20.4. The Hall–Kier alpha value is -2.93. The lowest BCUT2D eigenvalue weighted by molar-refractivity contribution is 0.0821. The number of aromatic nitrogens is 1. The van der Waals surface area contributed by atoms with Crippen LogP contribution in [-0.4, -0.2) is 53.2 Å². The lowest BCUT2D eigenvalue weighted by Crippen LogP contribution is -2.43. The largest absolute Gasteiger partial charge is 0.508 e. The molecule has 1 aliphatic heterocycles. The van der Waals surface area contributed by atoms with Crippen molar-refractivity contribution in [2.75, 3.05) is 31.1 Å². The highest BCUT2D eigenvalue weighted by atomic mass is 19.1. The second kappa shape index (κ2) is 8.21. The number of aromatic hydroxyl groups is 1. The van der Waals surface area contributed by atoms with Crippen molar-refractivity contribution in [2.24, 2.45) is 0 Å². The number of anilines is 1. The number of phenolic OH excluding ortho intramolecular Hbond substituents is 1. The molecule has 1 fully saturated rings. The van der Waals surface area contributed by atoms with Crippen molar-refractivity contribution >= 4 is 22.6 Å². The summed E-state index contributed by atoms with van der Waals surface area (Å²) in [7, 11) is 0. The molecular weight excluding hydrogens is 373 g/mol. The molecule has 1 aliphatic rings. The van der Waals surface area contributed by atoms with Gasteiger partial charge in [-0.05, 0) is 49.2 Å². The molecule has 29 heavy (non-hydrogen) atoms. The summed E-state index contributed by atoms with van der Waals surface area (Å²) in [6.07, 6.45) is 1.59. The van der Waals surface area contributed by atoms with E-state index >= 15 is 0 Å². The number of nitrogens with zero attached hydrogens (tertiary/aromatic N) is 3. The van der Waals surface area contributed by atoms with Crippen molar-refractivity contribution in [1.82, 2.24) is 10.1 Å². The highest BCUT2D eigenvalue weighted by Crippen LogP contribution is 2.29. The van der Waals surface area contributed by atoms with Gasteiger partial charge in [0.25, 0.3) is 0 Å². The molecule has 2 aromatic carbocycles. The number of Topliss-reactive ketones (excluding diaryl/α,β-unsaturated/α-hetero) is 1. The Kier molecular flexibility index (Phi) is 5.49. The highest BCUT2D eigenvalue weighted by Gasteiger charge is 2.28. The molecule has 1 aromatic heterocycles. The van der Waals surface area contributed by atoms with E-state index in [-0.39, 0.29) is 23.4 Å². The van der Waals surface area contributed by atoms with Crippen molar-refractivity contribution in [2.45, 2.75) is 25.8 Å². The fraction of sp³-hybridized carbons (Fsp3) is 0.364.